The molecule has 0 fully saturated rings. The van der Waals surface area contributed by atoms with Crippen molar-refractivity contribution in [2.24, 2.45) is 0 Å². The van der Waals surface area contributed by atoms with Crippen LogP contribution in [0.3, 0.4) is 0 Å². The molecule has 6 nitrogen and oxygen atoms in total. The molecule has 2 amide bonds. The van der Waals surface area contributed by atoms with Crippen LogP contribution in [0.4, 0.5) is 0 Å². The molecule has 1 atom stereocenters. The molecular weight excluding hydrogens is 272 g/mol. The Labute approximate surface area is 124 Å². The number of carbonyl (C=O) groups excluding carboxylic acids is 2. The molecule has 0 aliphatic heterocycles. The maximum absolute atomic E-state index is 11.6. The number of methoxy groups -OCH3 is 1. The number of hydrogen-bond acceptors (Lipinski definition) is 4. The monoisotopic (exact) mass is 294 g/mol. The van der Waals surface area contributed by atoms with Gasteiger partial charge < -0.3 is 20.5 Å². The maximum Gasteiger partial charge on any atom is 0.309 e. The van der Waals surface area contributed by atoms with Gasteiger partial charge in [0.2, 0.25) is 0 Å². The lowest BCUT2D eigenvalue weighted by Gasteiger charge is -2.22. The van der Waals surface area contributed by atoms with Gasteiger partial charge in [0.25, 0.3) is 0 Å². The molecule has 21 heavy (non-hydrogen) atoms. The summed E-state index contributed by atoms with van der Waals surface area (Å²) < 4.78 is 4.81. The normalized spacial score (nSPS) is 13.3. The zero-order valence-corrected chi connectivity index (χ0v) is 12.4. The van der Waals surface area contributed by atoms with Crippen molar-refractivity contribution in [1.82, 2.24) is 10.6 Å². The van der Waals surface area contributed by atoms with E-state index in [0.29, 0.717) is 13.0 Å². The molecular formula is C15H22N2O4. The molecule has 0 unspecified atom stereocenters. The second-order valence-electron chi connectivity index (χ2n) is 5.10. The van der Waals surface area contributed by atoms with Crippen molar-refractivity contribution in [3.05, 3.63) is 35.9 Å². The van der Waals surface area contributed by atoms with E-state index >= 15 is 0 Å². The van der Waals surface area contributed by atoms with E-state index in [1.165, 1.54) is 14.0 Å². The fraction of sp³-hybridized carbons (Fsp3) is 0.467. The van der Waals surface area contributed by atoms with E-state index in [9.17, 15) is 14.7 Å². The molecule has 0 saturated heterocycles. The Hall–Kier alpha value is -1.92. The molecule has 3 N–H and O–H groups in total. The van der Waals surface area contributed by atoms with Gasteiger partial charge in [0.05, 0.1) is 6.61 Å². The first-order valence-electron chi connectivity index (χ1n) is 6.76. The van der Waals surface area contributed by atoms with Gasteiger partial charge in [-0.1, -0.05) is 30.3 Å². The summed E-state index contributed by atoms with van der Waals surface area (Å²) in [5.41, 5.74) is -0.115. The summed E-state index contributed by atoms with van der Waals surface area (Å²) in [5, 5.41) is 14.7. The molecule has 1 rings (SSSR count). The number of amides is 2. The van der Waals surface area contributed by atoms with Gasteiger partial charge in [-0.3, -0.25) is 9.59 Å². The predicted octanol–water partition coefficient (Wildman–Crippen LogP) is -0.141. The zero-order chi connectivity index (χ0) is 15.7. The minimum absolute atomic E-state index is 0.0498. The third-order valence-corrected chi connectivity index (χ3v) is 2.83. The van der Waals surface area contributed by atoms with E-state index in [1.54, 1.807) is 0 Å². The van der Waals surface area contributed by atoms with Crippen LogP contribution in [0.1, 0.15) is 12.5 Å². The molecule has 0 heterocycles. The van der Waals surface area contributed by atoms with E-state index < -0.39 is 17.4 Å². The Morgan fingerprint density at radius 1 is 1.19 bits per heavy atom. The number of benzene rings is 1. The van der Waals surface area contributed by atoms with Crippen molar-refractivity contribution in [3.63, 3.8) is 0 Å². The van der Waals surface area contributed by atoms with Crippen LogP contribution in [0.5, 0.6) is 0 Å². The Bertz CT molecular complexity index is 460. The van der Waals surface area contributed by atoms with Crippen LogP contribution in [0.2, 0.25) is 0 Å². The summed E-state index contributed by atoms with van der Waals surface area (Å²) in [5.74, 6) is -1.47. The first-order chi connectivity index (χ1) is 9.94. The van der Waals surface area contributed by atoms with Gasteiger partial charge in [-0.05, 0) is 18.9 Å². The number of hydrogen-bond donors (Lipinski definition) is 3. The summed E-state index contributed by atoms with van der Waals surface area (Å²) in [6.07, 6.45) is 0.654. The van der Waals surface area contributed by atoms with Crippen LogP contribution in [-0.4, -0.2) is 49.3 Å². The molecule has 6 heteroatoms. The molecule has 0 aliphatic rings. The summed E-state index contributed by atoms with van der Waals surface area (Å²) in [6.45, 7) is 1.92. The van der Waals surface area contributed by atoms with E-state index in [0.717, 1.165) is 5.56 Å². The molecule has 0 aromatic heterocycles. The molecule has 1 aromatic carbocycles. The van der Waals surface area contributed by atoms with Gasteiger partial charge in [-0.2, -0.15) is 0 Å². The molecule has 116 valence electrons. The quantitative estimate of drug-likeness (QED) is 0.611. The number of aliphatic hydroxyl groups is 1. The minimum Gasteiger partial charge on any atom is -0.386 e. The summed E-state index contributed by atoms with van der Waals surface area (Å²) >= 11 is 0. The molecule has 1 aromatic rings. The van der Waals surface area contributed by atoms with E-state index in [1.807, 2.05) is 30.3 Å². The first-order valence-corrected chi connectivity index (χ1v) is 6.76. The van der Waals surface area contributed by atoms with Gasteiger partial charge in [0.1, 0.15) is 5.60 Å². The van der Waals surface area contributed by atoms with Gasteiger partial charge >= 0.3 is 11.8 Å². The van der Waals surface area contributed by atoms with Crippen LogP contribution < -0.4 is 10.6 Å². The fourth-order valence-corrected chi connectivity index (χ4v) is 1.76. The predicted molar refractivity (Wildman–Crippen MR) is 78.7 cm³/mol. The first kappa shape index (κ1) is 17.1. The van der Waals surface area contributed by atoms with Crippen molar-refractivity contribution < 1.29 is 19.4 Å². The number of nitrogens with one attached hydrogen (secondary N) is 2. The average molecular weight is 294 g/mol. The highest BCUT2D eigenvalue weighted by Crippen LogP contribution is 2.01. The lowest BCUT2D eigenvalue weighted by atomic mass is 10.1. The van der Waals surface area contributed by atoms with Crippen molar-refractivity contribution in [2.45, 2.75) is 18.9 Å². The highest BCUT2D eigenvalue weighted by molar-refractivity contribution is 6.35. The Balaban J connectivity index is 2.27. The second kappa shape index (κ2) is 8.39. The van der Waals surface area contributed by atoms with Crippen LogP contribution in [0, 0.1) is 0 Å². The molecule has 0 bridgehead atoms. The second-order valence-corrected chi connectivity index (χ2v) is 5.10. The highest BCUT2D eigenvalue weighted by atomic mass is 16.5. The third kappa shape index (κ3) is 6.87. The van der Waals surface area contributed by atoms with Crippen molar-refractivity contribution in [2.75, 3.05) is 26.8 Å². The lowest BCUT2D eigenvalue weighted by Crippen LogP contribution is -2.48. The van der Waals surface area contributed by atoms with Crippen LogP contribution in [0.25, 0.3) is 0 Å². The van der Waals surface area contributed by atoms with Crippen LogP contribution in [0.15, 0.2) is 30.3 Å². The van der Waals surface area contributed by atoms with E-state index in [2.05, 4.69) is 10.6 Å². The SMILES string of the molecule is COC[C@](C)(O)CNC(=O)C(=O)NCCc1ccccc1. The van der Waals surface area contributed by atoms with Crippen molar-refractivity contribution >= 4 is 11.8 Å². The van der Waals surface area contributed by atoms with E-state index in [-0.39, 0.29) is 13.2 Å². The molecule has 0 aliphatic carbocycles. The van der Waals surface area contributed by atoms with Gasteiger partial charge in [-0.25, -0.2) is 0 Å². The molecule has 0 radical (unpaired) electrons. The highest BCUT2D eigenvalue weighted by Gasteiger charge is 2.22. The van der Waals surface area contributed by atoms with Crippen molar-refractivity contribution in [1.29, 1.82) is 0 Å². The van der Waals surface area contributed by atoms with Crippen LogP contribution >= 0.6 is 0 Å². The van der Waals surface area contributed by atoms with Crippen LogP contribution in [-0.2, 0) is 20.7 Å². The largest absolute Gasteiger partial charge is 0.386 e. The Morgan fingerprint density at radius 3 is 2.43 bits per heavy atom. The fourth-order valence-electron chi connectivity index (χ4n) is 1.76. The van der Waals surface area contributed by atoms with Gasteiger partial charge in [0.15, 0.2) is 0 Å². The molecule has 0 spiro atoms. The topological polar surface area (TPSA) is 87.7 Å². The lowest BCUT2D eigenvalue weighted by molar-refractivity contribution is -0.140. The number of ether oxygens (including phenoxy) is 1. The summed E-state index contributed by atoms with van der Waals surface area (Å²) in [7, 11) is 1.45. The van der Waals surface area contributed by atoms with E-state index in [4.69, 9.17) is 4.74 Å². The van der Waals surface area contributed by atoms with Gasteiger partial charge in [-0.15, -0.1) is 0 Å². The molecule has 0 saturated carbocycles. The number of rotatable bonds is 7. The average Bonchev–Trinajstić information content (AvgIpc) is 2.46. The smallest absolute Gasteiger partial charge is 0.309 e. The third-order valence-electron chi connectivity index (χ3n) is 2.83. The minimum atomic E-state index is -1.20. The standard InChI is InChI=1S/C15H22N2O4/c1-15(20,11-21-2)10-17-14(19)13(18)16-9-8-12-6-4-3-5-7-12/h3-7,20H,8-11H2,1-2H3,(H,16,18)(H,17,19)/t15-/m1/s1. The summed E-state index contributed by atoms with van der Waals surface area (Å²) in [4.78, 5) is 23.1. The number of carbonyl (C=O) groups is 2. The summed E-state index contributed by atoms with van der Waals surface area (Å²) in [6, 6.07) is 9.66. The Morgan fingerprint density at radius 2 is 1.81 bits per heavy atom. The maximum atomic E-state index is 11.6. The zero-order valence-electron chi connectivity index (χ0n) is 12.4. The Kier molecular flexibility index (Phi) is 6.84. The van der Waals surface area contributed by atoms with Gasteiger partial charge in [0, 0.05) is 20.2 Å². The van der Waals surface area contributed by atoms with Crippen molar-refractivity contribution in [3.8, 4) is 0 Å².